The van der Waals surface area contributed by atoms with Crippen LogP contribution in [0.4, 0.5) is 0 Å². The van der Waals surface area contributed by atoms with Crippen molar-refractivity contribution in [3.8, 4) is 0 Å². The maximum Gasteiger partial charge on any atom is 0.127 e. The average Bonchev–Trinajstić information content (AvgIpc) is 1.91. The lowest BCUT2D eigenvalue weighted by molar-refractivity contribution is 0.0741. The fourth-order valence-corrected chi connectivity index (χ4v) is 0.343. The van der Waals surface area contributed by atoms with Gasteiger partial charge in [-0.1, -0.05) is 0 Å². The van der Waals surface area contributed by atoms with Crippen LogP contribution in [0, 0.1) is 0 Å². The van der Waals surface area contributed by atoms with E-state index in [1.807, 2.05) is 0 Å². The van der Waals surface area contributed by atoms with E-state index in [0.29, 0.717) is 6.67 Å². The molecule has 1 aliphatic heterocycles. The summed E-state index contributed by atoms with van der Waals surface area (Å²) in [6.07, 6.45) is 1.46. The lowest BCUT2D eigenvalue weighted by Crippen LogP contribution is -2.46. The van der Waals surface area contributed by atoms with E-state index in [2.05, 4.69) is 4.99 Å². The summed E-state index contributed by atoms with van der Waals surface area (Å²) >= 11 is 0. The molecule has 0 bridgehead atoms. The number of nitrogens with two attached hydrogens (primary N) is 2. The molecule has 0 fully saturated rings. The Morgan fingerprint density at radius 2 is 2.29 bits per heavy atom. The minimum atomic E-state index is 0.455. The lowest BCUT2D eigenvalue weighted by Gasteiger charge is -2.14. The Kier molecular flexibility index (Phi) is 0.935. The third-order valence-corrected chi connectivity index (χ3v) is 0.723. The Bertz CT molecular complexity index is 88.1. The van der Waals surface area contributed by atoms with Crippen LogP contribution in [-0.2, 0) is 0 Å². The summed E-state index contributed by atoms with van der Waals surface area (Å²) in [6.45, 7) is 0.455. The Morgan fingerprint density at radius 3 is 2.43 bits per heavy atom. The minimum Gasteiger partial charge on any atom is -0.254 e. The molecular formula is C2H7N5. The highest BCUT2D eigenvalue weighted by molar-refractivity contribution is 5.54. The van der Waals surface area contributed by atoms with Crippen LogP contribution in [0.3, 0.4) is 0 Å². The molecule has 0 amide bonds. The fourth-order valence-electron chi connectivity index (χ4n) is 0.343. The smallest absolute Gasteiger partial charge is 0.127 e. The van der Waals surface area contributed by atoms with Gasteiger partial charge < -0.3 is 0 Å². The fraction of sp³-hybridized carbons (Fsp3) is 0.500. The largest absolute Gasteiger partial charge is 0.254 e. The Balaban J connectivity index is 2.45. The molecule has 0 aromatic rings. The molecule has 5 nitrogen and oxygen atoms in total. The van der Waals surface area contributed by atoms with Crippen molar-refractivity contribution in [2.75, 3.05) is 6.67 Å². The van der Waals surface area contributed by atoms with Crippen LogP contribution in [0.2, 0.25) is 0 Å². The molecule has 0 unspecified atom stereocenters. The van der Waals surface area contributed by atoms with E-state index < -0.39 is 0 Å². The van der Waals surface area contributed by atoms with Crippen LogP contribution in [0.5, 0.6) is 0 Å². The number of nitrogens with zero attached hydrogens (tertiary/aromatic N) is 3. The van der Waals surface area contributed by atoms with Gasteiger partial charge in [-0.15, -0.1) is 5.12 Å². The van der Waals surface area contributed by atoms with Gasteiger partial charge in [0.25, 0.3) is 0 Å². The van der Waals surface area contributed by atoms with Crippen molar-refractivity contribution in [2.24, 2.45) is 16.7 Å². The first-order valence-corrected chi connectivity index (χ1v) is 1.87. The highest BCUT2D eigenvalue weighted by Gasteiger charge is 2.05. The van der Waals surface area contributed by atoms with E-state index in [9.17, 15) is 0 Å². The van der Waals surface area contributed by atoms with Crippen molar-refractivity contribution < 1.29 is 0 Å². The molecule has 0 atom stereocenters. The van der Waals surface area contributed by atoms with Gasteiger partial charge in [0.2, 0.25) is 0 Å². The lowest BCUT2D eigenvalue weighted by atomic mass is 11.2. The van der Waals surface area contributed by atoms with Crippen LogP contribution in [0.25, 0.3) is 0 Å². The van der Waals surface area contributed by atoms with Crippen LogP contribution < -0.4 is 11.7 Å². The van der Waals surface area contributed by atoms with Crippen molar-refractivity contribution in [3.05, 3.63) is 0 Å². The number of hydrogen-bond acceptors (Lipinski definition) is 5. The standard InChI is InChI=1S/C2H7N5/c3-6-1-5-2-7(6)4/h1H,2-4H2. The molecule has 7 heavy (non-hydrogen) atoms. The van der Waals surface area contributed by atoms with E-state index in [1.165, 1.54) is 16.6 Å². The molecule has 0 saturated heterocycles. The van der Waals surface area contributed by atoms with Crippen molar-refractivity contribution in [1.82, 2.24) is 10.2 Å². The molecule has 0 aliphatic carbocycles. The van der Waals surface area contributed by atoms with Crippen molar-refractivity contribution in [2.45, 2.75) is 0 Å². The molecule has 1 aliphatic rings. The third kappa shape index (κ3) is 0.687. The van der Waals surface area contributed by atoms with E-state index in [-0.39, 0.29) is 0 Å². The summed E-state index contributed by atoms with van der Waals surface area (Å²) in [5.41, 5.74) is 0. The molecule has 1 rings (SSSR count). The topological polar surface area (TPSA) is 70.9 Å². The van der Waals surface area contributed by atoms with Crippen molar-refractivity contribution in [1.29, 1.82) is 0 Å². The first kappa shape index (κ1) is 4.51. The van der Waals surface area contributed by atoms with Gasteiger partial charge in [0, 0.05) is 0 Å². The summed E-state index contributed by atoms with van der Waals surface area (Å²) in [6, 6.07) is 0. The predicted molar refractivity (Wildman–Crippen MR) is 25.4 cm³/mol. The van der Waals surface area contributed by atoms with Gasteiger partial charge in [-0.25, -0.2) is 16.8 Å². The van der Waals surface area contributed by atoms with Crippen LogP contribution in [0.1, 0.15) is 0 Å². The van der Waals surface area contributed by atoms with Gasteiger partial charge in [-0.3, -0.25) is 4.99 Å². The number of rotatable bonds is 0. The summed E-state index contributed by atoms with van der Waals surface area (Å²) in [5.74, 6) is 10.4. The zero-order chi connectivity index (χ0) is 5.28. The van der Waals surface area contributed by atoms with Gasteiger partial charge in [0.05, 0.1) is 0 Å². The predicted octanol–water partition coefficient (Wildman–Crippen LogP) is -1.75. The first-order valence-electron chi connectivity index (χ1n) is 1.87. The second-order valence-electron chi connectivity index (χ2n) is 1.26. The van der Waals surface area contributed by atoms with Crippen molar-refractivity contribution in [3.63, 3.8) is 0 Å². The molecule has 4 N–H and O–H groups in total. The van der Waals surface area contributed by atoms with E-state index in [4.69, 9.17) is 11.7 Å². The molecule has 5 heteroatoms. The highest BCUT2D eigenvalue weighted by Crippen LogP contribution is 1.86. The maximum atomic E-state index is 5.19. The molecule has 0 aromatic heterocycles. The monoisotopic (exact) mass is 101 g/mol. The molecule has 40 valence electrons. The molecule has 1 heterocycles. The quantitative estimate of drug-likeness (QED) is 0.355. The van der Waals surface area contributed by atoms with Crippen LogP contribution >= 0.6 is 0 Å². The van der Waals surface area contributed by atoms with Gasteiger partial charge in [0.15, 0.2) is 0 Å². The Labute approximate surface area is 41.1 Å². The maximum absolute atomic E-state index is 5.19. The average molecular weight is 101 g/mol. The normalized spacial score (nSPS) is 21.7. The zero-order valence-electron chi connectivity index (χ0n) is 3.78. The number of hydrogen-bond donors (Lipinski definition) is 2. The van der Waals surface area contributed by atoms with Gasteiger partial charge in [-0.2, -0.15) is 0 Å². The second-order valence-corrected chi connectivity index (χ2v) is 1.26. The molecular weight excluding hydrogens is 94.1 g/mol. The molecule has 0 saturated carbocycles. The SMILES string of the molecule is NN1C=NCN1N. The highest BCUT2D eigenvalue weighted by atomic mass is 15.9. The Morgan fingerprint density at radius 1 is 1.57 bits per heavy atom. The molecule has 0 spiro atoms. The van der Waals surface area contributed by atoms with Gasteiger partial charge in [0.1, 0.15) is 13.0 Å². The van der Waals surface area contributed by atoms with Crippen molar-refractivity contribution >= 4 is 6.34 Å². The van der Waals surface area contributed by atoms with Gasteiger partial charge >= 0.3 is 0 Å². The molecule has 0 aromatic carbocycles. The Hall–Kier alpha value is -0.650. The zero-order valence-corrected chi connectivity index (χ0v) is 3.78. The first-order chi connectivity index (χ1) is 3.30. The summed E-state index contributed by atoms with van der Waals surface area (Å²) in [7, 11) is 0. The van der Waals surface area contributed by atoms with Gasteiger partial charge in [-0.05, 0) is 0 Å². The number of aliphatic imine (C=N–C) groups is 1. The third-order valence-electron chi connectivity index (χ3n) is 0.723. The van der Waals surface area contributed by atoms with Crippen LogP contribution in [0.15, 0.2) is 4.99 Å². The summed E-state index contributed by atoms with van der Waals surface area (Å²) in [5, 5.41) is 2.51. The summed E-state index contributed by atoms with van der Waals surface area (Å²) in [4.78, 5) is 3.72. The second kappa shape index (κ2) is 1.45. The molecule has 0 radical (unpaired) electrons. The van der Waals surface area contributed by atoms with Crippen LogP contribution in [-0.4, -0.2) is 23.2 Å². The number of hydrazine groups is 3. The minimum absolute atomic E-state index is 0.455. The summed E-state index contributed by atoms with van der Waals surface area (Å²) < 4.78 is 0. The van der Waals surface area contributed by atoms with E-state index >= 15 is 0 Å². The van der Waals surface area contributed by atoms with E-state index in [0.717, 1.165) is 0 Å². The van der Waals surface area contributed by atoms with E-state index in [1.54, 1.807) is 0 Å².